The summed E-state index contributed by atoms with van der Waals surface area (Å²) in [5.41, 5.74) is 5.56. The van der Waals surface area contributed by atoms with Gasteiger partial charge in [0, 0.05) is 48.5 Å². The Hall–Kier alpha value is -10.5. The molecule has 5 fully saturated rings. The smallest absolute Gasteiger partial charge is 0.407 e. The first-order chi connectivity index (χ1) is 67.6. The largest absolute Gasteiger partial charge is 0.463 e. The first kappa shape index (κ1) is 107. The molecule has 5 aliphatic heterocycles. The van der Waals surface area contributed by atoms with E-state index >= 15 is 4.79 Å². The molecule has 8 aromatic carbocycles. The molecule has 0 bridgehead atoms. The predicted molar refractivity (Wildman–Crippen MR) is 497 cm³/mol. The fraction of sp³-hybridized carbons (Fsp3) is 0.456. The Morgan fingerprint density at radius 2 is 0.536 bits per heavy atom. The van der Waals surface area contributed by atoms with E-state index in [0.717, 1.165) is 70.7 Å². The maximum absolute atomic E-state index is 15.7. The second kappa shape index (κ2) is 53.6. The summed E-state index contributed by atoms with van der Waals surface area (Å²) in [6.45, 7) is 5.11. The molecule has 0 radical (unpaired) electrons. The quantitative estimate of drug-likeness (QED) is 0.0210. The summed E-state index contributed by atoms with van der Waals surface area (Å²) in [5, 5.41) is 2.82. The van der Waals surface area contributed by atoms with Crippen molar-refractivity contribution >= 4 is 82.7 Å². The first-order valence-corrected chi connectivity index (χ1v) is 46.9. The minimum absolute atomic E-state index is 0.0182. The van der Waals surface area contributed by atoms with Crippen LogP contribution in [-0.2, 0) is 205 Å². The third kappa shape index (κ3) is 32.3. The molecule has 0 spiro atoms. The topological polar surface area (TPSA) is 379 Å². The highest BCUT2D eigenvalue weighted by Gasteiger charge is 2.62. The van der Waals surface area contributed by atoms with Crippen LogP contribution in [0.4, 0.5) is 4.79 Å². The van der Waals surface area contributed by atoms with Crippen molar-refractivity contribution in [2.75, 3.05) is 33.0 Å². The van der Waals surface area contributed by atoms with Gasteiger partial charge in [0.2, 0.25) is 3.79 Å². The normalized spacial score (nSPS) is 27.8. The molecule has 37 heteroatoms. The fourth-order valence-electron chi connectivity index (χ4n) is 16.7. The number of nitrogens with one attached hydrogen (secondary N) is 1. The first-order valence-electron chi connectivity index (χ1n) is 45.8. The molecule has 34 nitrogen and oxygen atoms in total. The van der Waals surface area contributed by atoms with Crippen LogP contribution in [-0.4, -0.2) is 238 Å². The number of alkyl carbamates (subject to hydrolysis) is 1. The van der Waals surface area contributed by atoms with Crippen molar-refractivity contribution in [2.45, 2.75) is 266 Å². The molecule has 0 aromatic heterocycles. The third-order valence-corrected chi connectivity index (χ3v) is 23.1. The average Bonchev–Trinajstić information content (AvgIpc) is 0.747. The van der Waals surface area contributed by atoms with Crippen molar-refractivity contribution in [1.29, 1.82) is 0 Å². The molecule has 5 aliphatic rings. The second-order valence-electron chi connectivity index (χ2n) is 33.7. The van der Waals surface area contributed by atoms with Gasteiger partial charge in [-0.15, -0.1) is 0 Å². The van der Waals surface area contributed by atoms with E-state index < -0.39 is 232 Å². The van der Waals surface area contributed by atoms with Crippen LogP contribution in [0.3, 0.4) is 0 Å². The average molecular weight is 2000 g/mol. The third-order valence-electron chi connectivity index (χ3n) is 22.8. The molecule has 1 amide bonds. The number of rotatable bonds is 45. The molecule has 5 saturated heterocycles. The van der Waals surface area contributed by atoms with E-state index in [0.29, 0.717) is 22.3 Å². The molecule has 752 valence electrons. The van der Waals surface area contributed by atoms with Crippen LogP contribution in [0, 0.1) is 0 Å². The van der Waals surface area contributed by atoms with Crippen molar-refractivity contribution in [3.05, 3.63) is 287 Å². The van der Waals surface area contributed by atoms with Gasteiger partial charge in [-0.3, -0.25) is 33.6 Å². The van der Waals surface area contributed by atoms with Crippen LogP contribution in [0.2, 0.25) is 0 Å². The number of alkyl halides is 3. The Morgan fingerprint density at radius 1 is 0.264 bits per heavy atom. The number of hydrogen-bond acceptors (Lipinski definition) is 33. The SMILES string of the molecule is CC(=O)OC[C@H]1O[C@@H](O[C@@H]2[C@@H](NC(=O)OCC(Cl)(Cl)Cl)[C@H](O[C@H]3[C@@H](OC(C)=O)[C@@H](COCc4ccccc4)O[C@@H](O[C@H]4[C@H](OCc5ccccc5)[C@@H](OCc5ccccc5)[C@H](OCc5ccccc5)O[C@@H]4COCc4ccccc4)[C@@H]3OCc3ccccc3)O[C@H](COCc3ccccc3)[C@H]2O[C@@H]2O[C@@H](C)[C@@H](OC(C)=O)[C@@H](OC(C)=O)[C@@H]2OCc2ccccc2)[C@H](OC(C)=O)[C@@H](OC(C)=O)[C@H]1OC(C)=O. The van der Waals surface area contributed by atoms with E-state index in [1.54, 1.807) is 91.0 Å². The molecule has 0 aliphatic carbocycles. The Kier molecular flexibility index (Phi) is 40.9. The van der Waals surface area contributed by atoms with E-state index in [-0.39, 0.29) is 59.5 Å². The maximum atomic E-state index is 15.7. The summed E-state index contributed by atoms with van der Waals surface area (Å²) in [4.78, 5) is 112. The van der Waals surface area contributed by atoms with Gasteiger partial charge in [-0.2, -0.15) is 0 Å². The lowest BCUT2D eigenvalue weighted by Gasteiger charge is -2.53. The lowest BCUT2D eigenvalue weighted by molar-refractivity contribution is -0.398. The number of carbonyl (C=O) groups excluding carboxylic acids is 8. The molecule has 0 saturated carbocycles. The van der Waals surface area contributed by atoms with Gasteiger partial charge in [0.15, 0.2) is 68.1 Å². The highest BCUT2D eigenvalue weighted by molar-refractivity contribution is 6.67. The summed E-state index contributed by atoms with van der Waals surface area (Å²) in [7, 11) is 0. The monoisotopic (exact) mass is 2000 g/mol. The summed E-state index contributed by atoms with van der Waals surface area (Å²) in [6, 6.07) is 71.3. The number of amides is 1. The van der Waals surface area contributed by atoms with Gasteiger partial charge in [0.05, 0.1) is 78.8 Å². The highest BCUT2D eigenvalue weighted by Crippen LogP contribution is 2.43. The minimum atomic E-state index is -2.33. The van der Waals surface area contributed by atoms with Gasteiger partial charge in [-0.1, -0.05) is 277 Å². The number of halogens is 3. The van der Waals surface area contributed by atoms with Crippen molar-refractivity contribution < 1.29 is 157 Å². The van der Waals surface area contributed by atoms with Crippen LogP contribution in [0.25, 0.3) is 0 Å². The molecular formula is C103H116Cl3NO33. The van der Waals surface area contributed by atoms with E-state index in [4.69, 9.17) is 153 Å². The summed E-state index contributed by atoms with van der Waals surface area (Å²) < 4.78 is 168. The Bertz CT molecular complexity index is 5150. The molecule has 8 aromatic rings. The molecular weight excluding hydrogens is 1890 g/mol. The van der Waals surface area contributed by atoms with Gasteiger partial charge >= 0.3 is 47.9 Å². The number of hydrogen-bond donors (Lipinski definition) is 1. The summed E-state index contributed by atoms with van der Waals surface area (Å²) >= 11 is 19.3. The molecule has 5 heterocycles. The number of esters is 7. The molecule has 13 rings (SSSR count). The Labute approximate surface area is 825 Å². The molecule has 25 atom stereocenters. The number of ether oxygens (including phenoxy) is 25. The highest BCUT2D eigenvalue weighted by atomic mass is 35.6. The molecule has 1 N–H and O–H groups in total. The molecule has 0 unspecified atom stereocenters. The van der Waals surface area contributed by atoms with E-state index in [2.05, 4.69) is 5.32 Å². The van der Waals surface area contributed by atoms with Crippen molar-refractivity contribution in [3.63, 3.8) is 0 Å². The van der Waals surface area contributed by atoms with E-state index in [1.807, 2.05) is 152 Å². The van der Waals surface area contributed by atoms with Crippen molar-refractivity contribution in [1.82, 2.24) is 5.32 Å². The zero-order chi connectivity index (χ0) is 99.0. The number of benzene rings is 8. The van der Waals surface area contributed by atoms with Crippen LogP contribution in [0.5, 0.6) is 0 Å². The lowest BCUT2D eigenvalue weighted by atomic mass is 9.93. The van der Waals surface area contributed by atoms with Gasteiger partial charge < -0.3 is 124 Å². The fourth-order valence-corrected chi connectivity index (χ4v) is 16.9. The van der Waals surface area contributed by atoms with Gasteiger partial charge in [-0.25, -0.2) is 4.79 Å². The van der Waals surface area contributed by atoms with Crippen LogP contribution < -0.4 is 5.32 Å². The Balaban J connectivity index is 1.04. The zero-order valence-corrected chi connectivity index (χ0v) is 80.6. The van der Waals surface area contributed by atoms with E-state index in [9.17, 15) is 33.6 Å². The van der Waals surface area contributed by atoms with Crippen LogP contribution in [0.15, 0.2) is 243 Å². The Morgan fingerprint density at radius 3 is 0.921 bits per heavy atom. The predicted octanol–water partition coefficient (Wildman–Crippen LogP) is 13.0. The maximum Gasteiger partial charge on any atom is 0.407 e. The summed E-state index contributed by atoms with van der Waals surface area (Å²) in [5.74, 6) is -6.59. The molecule has 140 heavy (non-hydrogen) atoms. The van der Waals surface area contributed by atoms with E-state index in [1.165, 1.54) is 6.92 Å². The van der Waals surface area contributed by atoms with Crippen molar-refractivity contribution in [2.24, 2.45) is 0 Å². The van der Waals surface area contributed by atoms with Gasteiger partial charge in [0.1, 0.15) is 92.5 Å². The second-order valence-corrected chi connectivity index (χ2v) is 36.3. The number of carbonyl (C=O) groups is 8. The zero-order valence-electron chi connectivity index (χ0n) is 78.3. The lowest BCUT2D eigenvalue weighted by Crippen LogP contribution is -2.72. The summed E-state index contributed by atoms with van der Waals surface area (Å²) in [6.07, 6.45) is -42.4. The van der Waals surface area contributed by atoms with Crippen LogP contribution >= 0.6 is 34.8 Å². The van der Waals surface area contributed by atoms with Gasteiger partial charge in [-0.05, 0) is 51.4 Å². The minimum Gasteiger partial charge on any atom is -0.463 e. The van der Waals surface area contributed by atoms with Gasteiger partial charge in [0.25, 0.3) is 0 Å². The standard InChI is InChI=1S/C103H116Cl3NO33/c1-62-83(127-64(3)109)90(130-67(6)112)94(122-54-75-43-27-14-28-44-75)99(126-62)137-84-78(57-116-49-70-33-17-9-18-34-70)133-97(82(107-102(115)125-61-103(104,105)106)88(84)139-101-96(132-69(8)114)92(131-68(7)113)87(129-66(5)111)81(136-101)60-119-63(2)108)140-91-86(128-65(4)110)80(59-118-51-72-37-21-11-22-38-72)135-100(95(91)123-55-76-45-29-15-30-46-76)138-85-79(58-117-50-71-35-19-10-20-36-71)134-98(124-56-77-47-31-16-32-48-77)93(121-53-74-41-25-13-26-42-74)89(85)120-52-73-39-23-12-24-40-73/h9-48,62,78-101H,49-61H2,1-8H3,(H,107,115)/t62-,78+,79+,80+,81+,82+,83+,84+,85+,86-,87-,88+,89-,90+,91-,92-,93+,94-,95+,96+,97-,98+,99-,100-,101-/m0/s1. The van der Waals surface area contributed by atoms with Crippen LogP contribution in [0.1, 0.15) is 99.9 Å². The van der Waals surface area contributed by atoms with Crippen molar-refractivity contribution in [3.8, 4) is 0 Å².